The second-order valence-electron chi connectivity index (χ2n) is 8.29. The maximum absolute atomic E-state index is 5.41. The Morgan fingerprint density at radius 1 is 0.529 bits per heavy atom. The third-order valence-electron chi connectivity index (χ3n) is 6.49. The maximum Gasteiger partial charge on any atom is 0.119 e. The van der Waals surface area contributed by atoms with Crippen LogP contribution >= 0.6 is 15.9 Å². The van der Waals surface area contributed by atoms with Gasteiger partial charge in [0.1, 0.15) is 11.5 Å². The molecule has 0 saturated carbocycles. The molecule has 166 valence electrons. The van der Waals surface area contributed by atoms with Crippen LogP contribution in [-0.4, -0.2) is 14.2 Å². The van der Waals surface area contributed by atoms with Gasteiger partial charge in [-0.05, 0) is 87.6 Å². The summed E-state index contributed by atoms with van der Waals surface area (Å²) in [5.41, 5.74) is 3.24. The van der Waals surface area contributed by atoms with E-state index in [0.29, 0.717) is 0 Å². The van der Waals surface area contributed by atoms with E-state index in [1.807, 2.05) is 24.3 Å². The van der Waals surface area contributed by atoms with Crippen molar-refractivity contribution < 1.29 is 9.47 Å². The molecule has 0 saturated heterocycles. The number of benzene rings is 6. The van der Waals surface area contributed by atoms with Gasteiger partial charge in [0.05, 0.1) is 19.9 Å². The lowest BCUT2D eigenvalue weighted by molar-refractivity contribution is 0.415. The van der Waals surface area contributed by atoms with Crippen LogP contribution in [0.3, 0.4) is 0 Å². The fourth-order valence-electron chi connectivity index (χ4n) is 4.83. The molecule has 0 heterocycles. The zero-order chi connectivity index (χ0) is 23.2. The van der Waals surface area contributed by atoms with Crippen molar-refractivity contribution in [3.05, 3.63) is 102 Å². The van der Waals surface area contributed by atoms with Crippen molar-refractivity contribution in [1.29, 1.82) is 0 Å². The molecule has 0 aromatic heterocycles. The number of hydrogen-bond acceptors (Lipinski definition) is 3. The molecule has 4 heteroatoms. The fraction of sp³-hybridized carbons (Fsp3) is 0.0667. The van der Waals surface area contributed by atoms with Crippen molar-refractivity contribution in [3.63, 3.8) is 0 Å². The molecule has 0 radical (unpaired) electrons. The Hall–Kier alpha value is -3.76. The summed E-state index contributed by atoms with van der Waals surface area (Å²) in [5.74, 6) is 1.66. The van der Waals surface area contributed by atoms with Crippen molar-refractivity contribution in [1.82, 2.24) is 0 Å². The van der Waals surface area contributed by atoms with Crippen LogP contribution in [0.25, 0.3) is 32.3 Å². The minimum absolute atomic E-state index is 0.832. The summed E-state index contributed by atoms with van der Waals surface area (Å²) in [6.45, 7) is 0. The van der Waals surface area contributed by atoms with E-state index in [2.05, 4.69) is 93.6 Å². The summed E-state index contributed by atoms with van der Waals surface area (Å²) < 4.78 is 11.9. The zero-order valence-corrected chi connectivity index (χ0v) is 20.5. The zero-order valence-electron chi connectivity index (χ0n) is 18.9. The molecule has 0 spiro atoms. The van der Waals surface area contributed by atoms with Gasteiger partial charge >= 0.3 is 0 Å². The number of nitrogens with zero attached hydrogens (tertiary/aromatic N) is 1. The standard InChI is InChI=1S/C30H22BrNO2/c1-33-23-11-7-21(8-12-23)32(22-9-13-24(34-2)14-10-22)28-18-6-20-3-15-25-27(31)17-5-19-4-16-26(28)30(20)29(19)25/h3-18H,1-2H3. The highest BCUT2D eigenvalue weighted by atomic mass is 79.9. The predicted octanol–water partition coefficient (Wildman–Crippen LogP) is 8.83. The lowest BCUT2D eigenvalue weighted by Crippen LogP contribution is -2.10. The van der Waals surface area contributed by atoms with Crippen molar-refractivity contribution in [2.24, 2.45) is 0 Å². The van der Waals surface area contributed by atoms with E-state index in [0.717, 1.165) is 33.0 Å². The van der Waals surface area contributed by atoms with Crippen LogP contribution in [0.4, 0.5) is 17.1 Å². The van der Waals surface area contributed by atoms with Crippen LogP contribution in [0.2, 0.25) is 0 Å². The van der Waals surface area contributed by atoms with Gasteiger partial charge in [0, 0.05) is 21.2 Å². The fourth-order valence-corrected chi connectivity index (χ4v) is 5.30. The number of halogens is 1. The van der Waals surface area contributed by atoms with Crippen molar-refractivity contribution in [2.75, 3.05) is 19.1 Å². The van der Waals surface area contributed by atoms with Gasteiger partial charge in [-0.1, -0.05) is 52.3 Å². The van der Waals surface area contributed by atoms with Gasteiger partial charge in [0.2, 0.25) is 0 Å². The molecule has 0 aliphatic carbocycles. The lowest BCUT2D eigenvalue weighted by Gasteiger charge is -2.28. The van der Waals surface area contributed by atoms with Gasteiger partial charge in [0.15, 0.2) is 0 Å². The highest BCUT2D eigenvalue weighted by molar-refractivity contribution is 9.10. The SMILES string of the molecule is COc1ccc(N(c2ccc(OC)cc2)c2ccc3ccc4c(Br)ccc5ccc2c3c54)cc1. The Balaban J connectivity index is 1.66. The van der Waals surface area contributed by atoms with E-state index < -0.39 is 0 Å². The summed E-state index contributed by atoms with van der Waals surface area (Å²) in [6.07, 6.45) is 0. The molecule has 3 nitrogen and oxygen atoms in total. The Labute approximate surface area is 206 Å². The topological polar surface area (TPSA) is 21.7 Å². The van der Waals surface area contributed by atoms with E-state index in [9.17, 15) is 0 Å². The molecule has 0 N–H and O–H groups in total. The maximum atomic E-state index is 5.41. The summed E-state index contributed by atoms with van der Waals surface area (Å²) in [7, 11) is 3.38. The van der Waals surface area contributed by atoms with Gasteiger partial charge in [-0.25, -0.2) is 0 Å². The second-order valence-corrected chi connectivity index (χ2v) is 9.14. The first kappa shape index (κ1) is 20.8. The van der Waals surface area contributed by atoms with Gasteiger partial charge in [0.25, 0.3) is 0 Å². The van der Waals surface area contributed by atoms with Gasteiger partial charge < -0.3 is 14.4 Å². The van der Waals surface area contributed by atoms with Gasteiger partial charge in [-0.15, -0.1) is 0 Å². The molecule has 0 bridgehead atoms. The number of rotatable bonds is 5. The molecule has 0 amide bonds. The van der Waals surface area contributed by atoms with E-state index in [4.69, 9.17) is 9.47 Å². The van der Waals surface area contributed by atoms with E-state index >= 15 is 0 Å². The number of ether oxygens (including phenoxy) is 2. The molecular weight excluding hydrogens is 486 g/mol. The third-order valence-corrected chi connectivity index (χ3v) is 7.18. The Bertz CT molecular complexity index is 1580. The monoisotopic (exact) mass is 507 g/mol. The first-order chi connectivity index (χ1) is 16.7. The van der Waals surface area contributed by atoms with E-state index in [1.165, 1.54) is 32.3 Å². The summed E-state index contributed by atoms with van der Waals surface area (Å²) in [6, 6.07) is 34.0. The Kier molecular flexibility index (Phi) is 5.04. The highest BCUT2D eigenvalue weighted by Crippen LogP contribution is 2.45. The van der Waals surface area contributed by atoms with Crippen molar-refractivity contribution in [3.8, 4) is 11.5 Å². The smallest absolute Gasteiger partial charge is 0.119 e. The van der Waals surface area contributed by atoms with Crippen LogP contribution in [0.5, 0.6) is 11.5 Å². The highest BCUT2D eigenvalue weighted by Gasteiger charge is 2.19. The molecule has 6 rings (SSSR count). The lowest BCUT2D eigenvalue weighted by atomic mass is 9.93. The van der Waals surface area contributed by atoms with E-state index in [1.54, 1.807) is 14.2 Å². The van der Waals surface area contributed by atoms with Gasteiger partial charge in [-0.2, -0.15) is 0 Å². The molecule has 0 unspecified atom stereocenters. The molecule has 0 fully saturated rings. The number of methoxy groups -OCH3 is 2. The number of hydrogen-bond donors (Lipinski definition) is 0. The minimum atomic E-state index is 0.832. The molecule has 6 aromatic rings. The van der Waals surface area contributed by atoms with Crippen molar-refractivity contribution >= 4 is 65.3 Å². The quantitative estimate of drug-likeness (QED) is 0.217. The summed E-state index contributed by atoms with van der Waals surface area (Å²) in [5, 5.41) is 7.48. The average molecular weight is 508 g/mol. The molecule has 0 aliphatic rings. The molecular formula is C30H22BrNO2. The first-order valence-electron chi connectivity index (χ1n) is 11.1. The summed E-state index contributed by atoms with van der Waals surface area (Å²) >= 11 is 3.76. The van der Waals surface area contributed by atoms with E-state index in [-0.39, 0.29) is 0 Å². The Morgan fingerprint density at radius 2 is 1.00 bits per heavy atom. The minimum Gasteiger partial charge on any atom is -0.497 e. The van der Waals surface area contributed by atoms with Crippen LogP contribution in [0, 0.1) is 0 Å². The largest absolute Gasteiger partial charge is 0.497 e. The predicted molar refractivity (Wildman–Crippen MR) is 146 cm³/mol. The van der Waals surface area contributed by atoms with Crippen LogP contribution in [0.1, 0.15) is 0 Å². The van der Waals surface area contributed by atoms with Crippen LogP contribution < -0.4 is 14.4 Å². The van der Waals surface area contributed by atoms with Crippen LogP contribution in [-0.2, 0) is 0 Å². The second kappa shape index (κ2) is 8.23. The average Bonchev–Trinajstić information content (AvgIpc) is 2.90. The Morgan fingerprint density at radius 3 is 1.56 bits per heavy atom. The molecule has 0 aliphatic heterocycles. The molecule has 6 aromatic carbocycles. The number of anilines is 3. The molecule has 0 atom stereocenters. The van der Waals surface area contributed by atoms with Crippen LogP contribution in [0.15, 0.2) is 102 Å². The normalized spacial score (nSPS) is 11.4. The molecule has 34 heavy (non-hydrogen) atoms. The van der Waals surface area contributed by atoms with Gasteiger partial charge in [-0.3, -0.25) is 0 Å². The van der Waals surface area contributed by atoms with Crippen molar-refractivity contribution in [2.45, 2.75) is 0 Å². The first-order valence-corrected chi connectivity index (χ1v) is 11.9. The summed E-state index contributed by atoms with van der Waals surface area (Å²) in [4.78, 5) is 2.29. The third kappa shape index (κ3) is 3.25.